The van der Waals surface area contributed by atoms with Crippen molar-refractivity contribution in [2.45, 2.75) is 26.4 Å². The first kappa shape index (κ1) is 12.6. The maximum Gasteiger partial charge on any atom is 0.331 e. The summed E-state index contributed by atoms with van der Waals surface area (Å²) in [5.74, 6) is 0. The van der Waals surface area contributed by atoms with E-state index >= 15 is 0 Å². The number of para-hydroxylation sites is 1. The lowest BCUT2D eigenvalue weighted by Gasteiger charge is -2.13. The molecule has 0 amide bonds. The Morgan fingerprint density at radius 1 is 1.33 bits per heavy atom. The van der Waals surface area contributed by atoms with Gasteiger partial charge in [0.25, 0.3) is 5.56 Å². The largest absolute Gasteiger partial charge is 0.331 e. The summed E-state index contributed by atoms with van der Waals surface area (Å²) in [5.41, 5.74) is 6.69. The first-order valence-corrected chi connectivity index (χ1v) is 5.88. The molecule has 2 N–H and O–H groups in total. The fourth-order valence-corrected chi connectivity index (χ4v) is 2.23. The maximum absolute atomic E-state index is 12.3. The average molecular weight is 247 g/mol. The van der Waals surface area contributed by atoms with E-state index in [9.17, 15) is 9.59 Å². The molecule has 18 heavy (non-hydrogen) atoms. The van der Waals surface area contributed by atoms with Gasteiger partial charge in [-0.15, -0.1) is 0 Å². The molecule has 1 aromatic carbocycles. The highest BCUT2D eigenvalue weighted by Gasteiger charge is 2.12. The Morgan fingerprint density at radius 3 is 2.61 bits per heavy atom. The highest BCUT2D eigenvalue weighted by Crippen LogP contribution is 2.12. The lowest BCUT2D eigenvalue weighted by Crippen LogP contribution is -2.42. The zero-order valence-corrected chi connectivity index (χ0v) is 10.8. The van der Waals surface area contributed by atoms with Gasteiger partial charge in [0.05, 0.1) is 10.9 Å². The van der Waals surface area contributed by atoms with E-state index < -0.39 is 0 Å². The van der Waals surface area contributed by atoms with Gasteiger partial charge < -0.3 is 5.73 Å². The molecule has 96 valence electrons. The minimum absolute atomic E-state index is 0.232. The summed E-state index contributed by atoms with van der Waals surface area (Å²) in [4.78, 5) is 24.4. The van der Waals surface area contributed by atoms with Crippen molar-refractivity contribution in [3.05, 3.63) is 44.6 Å². The van der Waals surface area contributed by atoms with Crippen LogP contribution in [-0.4, -0.2) is 15.2 Å². The summed E-state index contributed by atoms with van der Waals surface area (Å²) < 4.78 is 2.71. The van der Waals surface area contributed by atoms with Crippen molar-refractivity contribution in [3.8, 4) is 0 Å². The van der Waals surface area contributed by atoms with Crippen LogP contribution in [0.1, 0.15) is 12.5 Å². The van der Waals surface area contributed by atoms with Gasteiger partial charge in [-0.1, -0.05) is 12.1 Å². The van der Waals surface area contributed by atoms with Crippen molar-refractivity contribution in [1.29, 1.82) is 0 Å². The summed E-state index contributed by atoms with van der Waals surface area (Å²) in [5, 5.41) is 0.553. The van der Waals surface area contributed by atoms with Crippen LogP contribution in [0.25, 0.3) is 10.9 Å². The Morgan fingerprint density at radius 2 is 2.00 bits per heavy atom. The Balaban J connectivity index is 2.93. The fraction of sp³-hybridized carbons (Fsp3) is 0.385. The highest BCUT2D eigenvalue weighted by atomic mass is 16.2. The Hall–Kier alpha value is -1.88. The van der Waals surface area contributed by atoms with Crippen LogP contribution in [0.3, 0.4) is 0 Å². The van der Waals surface area contributed by atoms with Crippen LogP contribution in [0.5, 0.6) is 0 Å². The minimum atomic E-state index is -0.320. The van der Waals surface area contributed by atoms with Crippen LogP contribution in [0.2, 0.25) is 0 Å². The van der Waals surface area contributed by atoms with Crippen LogP contribution >= 0.6 is 0 Å². The van der Waals surface area contributed by atoms with Gasteiger partial charge >= 0.3 is 5.69 Å². The highest BCUT2D eigenvalue weighted by molar-refractivity contribution is 5.81. The van der Waals surface area contributed by atoms with Gasteiger partial charge in [0.15, 0.2) is 0 Å². The van der Waals surface area contributed by atoms with Crippen molar-refractivity contribution in [1.82, 2.24) is 9.13 Å². The van der Waals surface area contributed by atoms with E-state index in [0.717, 1.165) is 5.56 Å². The number of benzene rings is 1. The van der Waals surface area contributed by atoms with Gasteiger partial charge in [-0.05, 0) is 25.5 Å². The van der Waals surface area contributed by atoms with Crippen LogP contribution in [0.15, 0.2) is 27.8 Å². The molecule has 1 heterocycles. The molecule has 0 radical (unpaired) electrons. The molecule has 1 aromatic heterocycles. The van der Waals surface area contributed by atoms with Gasteiger partial charge in [0.1, 0.15) is 0 Å². The topological polar surface area (TPSA) is 70.0 Å². The van der Waals surface area contributed by atoms with Crippen molar-refractivity contribution in [3.63, 3.8) is 0 Å². The SMILES string of the molecule is Cc1cccc2c(=O)n(CC(C)N)c(=O)n(C)c12. The predicted molar refractivity (Wildman–Crippen MR) is 71.8 cm³/mol. The van der Waals surface area contributed by atoms with Crippen molar-refractivity contribution < 1.29 is 0 Å². The van der Waals surface area contributed by atoms with E-state index in [1.165, 1.54) is 9.13 Å². The lowest BCUT2D eigenvalue weighted by molar-refractivity contribution is 0.537. The minimum Gasteiger partial charge on any atom is -0.326 e. The van der Waals surface area contributed by atoms with E-state index in [0.29, 0.717) is 10.9 Å². The Labute approximate surface area is 104 Å². The Kier molecular flexibility index (Phi) is 3.09. The number of fused-ring (bicyclic) bond motifs is 1. The third kappa shape index (κ3) is 1.86. The number of nitrogens with zero attached hydrogens (tertiary/aromatic N) is 2. The summed E-state index contributed by atoms with van der Waals surface area (Å²) in [6.07, 6.45) is 0. The number of nitrogens with two attached hydrogens (primary N) is 1. The van der Waals surface area contributed by atoms with Crippen LogP contribution < -0.4 is 17.0 Å². The molecule has 1 atom stereocenters. The second-order valence-corrected chi connectivity index (χ2v) is 4.71. The second-order valence-electron chi connectivity index (χ2n) is 4.71. The number of aryl methyl sites for hydroxylation is 2. The normalized spacial score (nSPS) is 12.9. The molecule has 0 saturated carbocycles. The predicted octanol–water partition coefficient (Wildman–Crippen LogP) is 0.356. The third-order valence-corrected chi connectivity index (χ3v) is 3.04. The molecule has 0 fully saturated rings. The molecule has 0 aliphatic rings. The van der Waals surface area contributed by atoms with Crippen LogP contribution in [0.4, 0.5) is 0 Å². The average Bonchev–Trinajstić information content (AvgIpc) is 2.31. The molecule has 2 aromatic rings. The summed E-state index contributed by atoms with van der Waals surface area (Å²) >= 11 is 0. The van der Waals surface area contributed by atoms with Gasteiger partial charge in [0, 0.05) is 19.6 Å². The molecule has 5 heteroatoms. The summed E-state index contributed by atoms with van der Waals surface area (Å²) in [7, 11) is 1.68. The zero-order chi connectivity index (χ0) is 13.4. The molecule has 0 aliphatic carbocycles. The van der Waals surface area contributed by atoms with Crippen molar-refractivity contribution in [2.75, 3.05) is 0 Å². The number of aromatic nitrogens is 2. The first-order chi connectivity index (χ1) is 8.43. The first-order valence-electron chi connectivity index (χ1n) is 5.88. The molecule has 0 aliphatic heterocycles. The molecular weight excluding hydrogens is 230 g/mol. The standard InChI is InChI=1S/C13H17N3O2/c1-8-5-4-6-10-11(8)15(3)13(18)16(12(10)17)7-9(2)14/h4-6,9H,7,14H2,1-3H3. The molecule has 0 bridgehead atoms. The Bertz CT molecular complexity index is 710. The second kappa shape index (κ2) is 4.42. The molecular formula is C13H17N3O2. The number of rotatable bonds is 2. The van der Waals surface area contributed by atoms with Crippen molar-refractivity contribution in [2.24, 2.45) is 12.8 Å². The van der Waals surface area contributed by atoms with Crippen LogP contribution in [0, 0.1) is 6.92 Å². The molecule has 2 rings (SSSR count). The number of hydrogen-bond donors (Lipinski definition) is 1. The number of hydrogen-bond acceptors (Lipinski definition) is 3. The third-order valence-electron chi connectivity index (χ3n) is 3.04. The van der Waals surface area contributed by atoms with Crippen LogP contribution in [-0.2, 0) is 13.6 Å². The monoisotopic (exact) mass is 247 g/mol. The van der Waals surface area contributed by atoms with Crippen molar-refractivity contribution >= 4 is 10.9 Å². The molecule has 1 unspecified atom stereocenters. The molecule has 0 saturated heterocycles. The van der Waals surface area contributed by atoms with E-state index in [-0.39, 0.29) is 23.8 Å². The molecule has 0 spiro atoms. The quantitative estimate of drug-likeness (QED) is 0.832. The summed E-state index contributed by atoms with van der Waals surface area (Å²) in [6, 6.07) is 5.20. The zero-order valence-electron chi connectivity index (χ0n) is 10.8. The van der Waals surface area contributed by atoms with E-state index in [4.69, 9.17) is 5.73 Å². The van der Waals surface area contributed by atoms with E-state index in [1.807, 2.05) is 19.1 Å². The maximum atomic E-state index is 12.3. The van der Waals surface area contributed by atoms with Gasteiger partial charge in [-0.3, -0.25) is 13.9 Å². The smallest absolute Gasteiger partial charge is 0.326 e. The lowest BCUT2D eigenvalue weighted by atomic mass is 10.1. The van der Waals surface area contributed by atoms with Gasteiger partial charge in [0.2, 0.25) is 0 Å². The molecule has 5 nitrogen and oxygen atoms in total. The fourth-order valence-electron chi connectivity index (χ4n) is 2.23. The summed E-state index contributed by atoms with van der Waals surface area (Å²) in [6.45, 7) is 3.89. The van der Waals surface area contributed by atoms with Gasteiger partial charge in [-0.2, -0.15) is 0 Å². The van der Waals surface area contributed by atoms with E-state index in [2.05, 4.69) is 0 Å². The van der Waals surface area contributed by atoms with Gasteiger partial charge in [-0.25, -0.2) is 4.79 Å². The van der Waals surface area contributed by atoms with E-state index in [1.54, 1.807) is 20.0 Å².